The Bertz CT molecular complexity index is 1150. The Balaban J connectivity index is 1.74. The van der Waals surface area contributed by atoms with E-state index in [4.69, 9.17) is 9.97 Å². The lowest BCUT2D eigenvalue weighted by Gasteiger charge is -2.11. The first-order chi connectivity index (χ1) is 14.1. The molecule has 29 heavy (non-hydrogen) atoms. The van der Waals surface area contributed by atoms with Crippen molar-refractivity contribution in [2.75, 3.05) is 5.32 Å². The van der Waals surface area contributed by atoms with Gasteiger partial charge in [0.25, 0.3) is 0 Å². The van der Waals surface area contributed by atoms with Gasteiger partial charge in [0.05, 0.1) is 22.9 Å². The molecule has 0 bridgehead atoms. The Morgan fingerprint density at radius 3 is 2.45 bits per heavy atom. The summed E-state index contributed by atoms with van der Waals surface area (Å²) in [6.07, 6.45) is 4.95. The van der Waals surface area contributed by atoms with Gasteiger partial charge in [0.15, 0.2) is 17.4 Å². The summed E-state index contributed by atoms with van der Waals surface area (Å²) in [6.45, 7) is 3.70. The zero-order valence-corrected chi connectivity index (χ0v) is 16.5. The van der Waals surface area contributed by atoms with Crippen LogP contribution in [0.1, 0.15) is 42.7 Å². The minimum atomic E-state index is 0.0324. The van der Waals surface area contributed by atoms with Crippen LogP contribution in [0.3, 0.4) is 0 Å². The lowest BCUT2D eigenvalue weighted by Crippen LogP contribution is -2.07. The Morgan fingerprint density at radius 2 is 1.76 bits per heavy atom. The highest BCUT2D eigenvalue weighted by molar-refractivity contribution is 5.94. The number of anilines is 2. The van der Waals surface area contributed by atoms with E-state index in [0.29, 0.717) is 17.2 Å². The van der Waals surface area contributed by atoms with Gasteiger partial charge in [-0.05, 0) is 56.2 Å². The number of fused-ring (bicyclic) bond motifs is 1. The number of nitrogens with zero attached hydrogens (tertiary/aromatic N) is 5. The fourth-order valence-electron chi connectivity index (χ4n) is 3.03. The van der Waals surface area contributed by atoms with Crippen molar-refractivity contribution in [2.45, 2.75) is 33.1 Å². The molecule has 0 fully saturated rings. The summed E-state index contributed by atoms with van der Waals surface area (Å²) in [5.74, 6) is 1.19. The maximum atomic E-state index is 11.5. The van der Waals surface area contributed by atoms with Crippen LogP contribution in [0.5, 0.6) is 0 Å². The second kappa shape index (κ2) is 8.18. The molecule has 2 aromatic carbocycles. The molecule has 0 saturated heterocycles. The average molecular weight is 386 g/mol. The summed E-state index contributed by atoms with van der Waals surface area (Å²) < 4.78 is 1.66. The van der Waals surface area contributed by atoms with E-state index in [1.165, 1.54) is 0 Å². The monoisotopic (exact) mass is 386 g/mol. The highest BCUT2D eigenvalue weighted by atomic mass is 16.1. The number of benzene rings is 2. The van der Waals surface area contributed by atoms with Crippen molar-refractivity contribution in [3.05, 3.63) is 66.0 Å². The van der Waals surface area contributed by atoms with Crippen molar-refractivity contribution in [2.24, 2.45) is 0 Å². The molecule has 0 saturated carbocycles. The highest BCUT2D eigenvalue weighted by Crippen LogP contribution is 2.24. The van der Waals surface area contributed by atoms with Gasteiger partial charge >= 0.3 is 0 Å². The second-order valence-corrected chi connectivity index (χ2v) is 6.90. The SMILES string of the molecule is CCCCc1cn(-c2nc3ccccc3nc2Nc2ccc(C(C)=O)cc2)nn1. The normalized spacial score (nSPS) is 11.0. The van der Waals surface area contributed by atoms with Crippen LogP contribution in [-0.4, -0.2) is 30.7 Å². The van der Waals surface area contributed by atoms with Crippen LogP contribution in [0.15, 0.2) is 54.7 Å². The zero-order valence-electron chi connectivity index (χ0n) is 16.5. The number of hydrogen-bond donors (Lipinski definition) is 1. The summed E-state index contributed by atoms with van der Waals surface area (Å²) in [7, 11) is 0. The number of nitrogens with one attached hydrogen (secondary N) is 1. The smallest absolute Gasteiger partial charge is 0.199 e. The van der Waals surface area contributed by atoms with E-state index in [9.17, 15) is 4.79 Å². The minimum Gasteiger partial charge on any atom is -0.337 e. The van der Waals surface area contributed by atoms with Gasteiger partial charge in [-0.3, -0.25) is 4.79 Å². The van der Waals surface area contributed by atoms with Crippen LogP contribution in [-0.2, 0) is 6.42 Å². The standard InChI is InChI=1S/C22H22N6O/c1-3-4-7-18-14-28(27-26-18)22-21(24-19-8-5-6-9-20(19)25-22)23-17-12-10-16(11-13-17)15(2)29/h5-6,8-14H,3-4,7H2,1-2H3,(H,23,24). The van der Waals surface area contributed by atoms with Gasteiger partial charge in [0, 0.05) is 11.3 Å². The number of aromatic nitrogens is 5. The van der Waals surface area contributed by atoms with E-state index in [1.54, 1.807) is 23.7 Å². The quantitative estimate of drug-likeness (QED) is 0.471. The Labute approximate surface area is 168 Å². The Hall–Kier alpha value is -3.61. The van der Waals surface area contributed by atoms with E-state index < -0.39 is 0 Å². The molecule has 2 aromatic heterocycles. The molecule has 0 amide bonds. The third kappa shape index (κ3) is 4.13. The van der Waals surface area contributed by atoms with Crippen LogP contribution < -0.4 is 5.32 Å². The molecule has 4 aromatic rings. The van der Waals surface area contributed by atoms with Gasteiger partial charge < -0.3 is 5.32 Å². The Morgan fingerprint density at radius 1 is 1.03 bits per heavy atom. The number of rotatable bonds is 7. The van der Waals surface area contributed by atoms with E-state index in [1.807, 2.05) is 42.6 Å². The maximum absolute atomic E-state index is 11.5. The second-order valence-electron chi connectivity index (χ2n) is 6.90. The van der Waals surface area contributed by atoms with Crippen molar-refractivity contribution in [3.8, 4) is 5.82 Å². The topological polar surface area (TPSA) is 85.6 Å². The number of ketones is 1. The van der Waals surface area contributed by atoms with Crippen LogP contribution in [0.4, 0.5) is 11.5 Å². The van der Waals surface area contributed by atoms with Crippen molar-refractivity contribution < 1.29 is 4.79 Å². The number of para-hydroxylation sites is 2. The van der Waals surface area contributed by atoms with Gasteiger partial charge in [0.1, 0.15) is 0 Å². The highest BCUT2D eigenvalue weighted by Gasteiger charge is 2.14. The van der Waals surface area contributed by atoms with E-state index in [0.717, 1.165) is 41.7 Å². The minimum absolute atomic E-state index is 0.0324. The number of unbranched alkanes of at least 4 members (excludes halogenated alkanes) is 1. The van der Waals surface area contributed by atoms with E-state index in [2.05, 4.69) is 22.6 Å². The molecule has 0 radical (unpaired) electrons. The van der Waals surface area contributed by atoms with Crippen LogP contribution in [0.2, 0.25) is 0 Å². The number of hydrogen-bond acceptors (Lipinski definition) is 6. The average Bonchev–Trinajstić information content (AvgIpc) is 3.21. The molecule has 146 valence electrons. The molecule has 0 unspecified atom stereocenters. The van der Waals surface area contributed by atoms with Crippen molar-refractivity contribution in [1.29, 1.82) is 0 Å². The van der Waals surface area contributed by atoms with Crippen LogP contribution in [0.25, 0.3) is 16.9 Å². The molecule has 0 atom stereocenters. The zero-order chi connectivity index (χ0) is 20.2. The summed E-state index contributed by atoms with van der Waals surface area (Å²) in [5.41, 5.74) is 3.97. The van der Waals surface area contributed by atoms with Crippen molar-refractivity contribution in [3.63, 3.8) is 0 Å². The fourth-order valence-corrected chi connectivity index (χ4v) is 3.03. The first-order valence-electron chi connectivity index (χ1n) is 9.70. The first kappa shape index (κ1) is 18.7. The molecule has 7 heteroatoms. The van der Waals surface area contributed by atoms with Crippen LogP contribution >= 0.6 is 0 Å². The summed E-state index contributed by atoms with van der Waals surface area (Å²) in [6, 6.07) is 15.0. The molecule has 4 rings (SSSR count). The molecule has 0 spiro atoms. The van der Waals surface area contributed by atoms with E-state index in [-0.39, 0.29) is 5.78 Å². The van der Waals surface area contributed by atoms with E-state index >= 15 is 0 Å². The predicted molar refractivity (Wildman–Crippen MR) is 113 cm³/mol. The van der Waals surface area contributed by atoms with Crippen LogP contribution in [0, 0.1) is 0 Å². The molecule has 7 nitrogen and oxygen atoms in total. The maximum Gasteiger partial charge on any atom is 0.199 e. The third-order valence-electron chi connectivity index (χ3n) is 4.65. The molecular formula is C22H22N6O. The van der Waals surface area contributed by atoms with Gasteiger partial charge in [-0.15, -0.1) is 5.10 Å². The third-order valence-corrected chi connectivity index (χ3v) is 4.65. The van der Waals surface area contributed by atoms with Gasteiger partial charge in [-0.1, -0.05) is 30.7 Å². The molecule has 0 aliphatic heterocycles. The first-order valence-corrected chi connectivity index (χ1v) is 9.70. The largest absolute Gasteiger partial charge is 0.337 e. The predicted octanol–water partition coefficient (Wildman–Crippen LogP) is 4.50. The summed E-state index contributed by atoms with van der Waals surface area (Å²) >= 11 is 0. The Kier molecular flexibility index (Phi) is 5.29. The summed E-state index contributed by atoms with van der Waals surface area (Å²) in [4.78, 5) is 21.0. The molecule has 2 heterocycles. The number of aryl methyl sites for hydroxylation is 1. The summed E-state index contributed by atoms with van der Waals surface area (Å²) in [5, 5.41) is 11.8. The van der Waals surface area contributed by atoms with Crippen molar-refractivity contribution >= 4 is 28.3 Å². The molecule has 0 aliphatic carbocycles. The lowest BCUT2D eigenvalue weighted by molar-refractivity contribution is 0.101. The van der Waals surface area contributed by atoms with Gasteiger partial charge in [-0.25, -0.2) is 9.97 Å². The van der Waals surface area contributed by atoms with Crippen molar-refractivity contribution in [1.82, 2.24) is 25.0 Å². The molecular weight excluding hydrogens is 364 g/mol. The van der Waals surface area contributed by atoms with Gasteiger partial charge in [-0.2, -0.15) is 4.68 Å². The molecule has 0 aliphatic rings. The number of carbonyl (C=O) groups is 1. The lowest BCUT2D eigenvalue weighted by atomic mass is 10.1. The molecule has 1 N–H and O–H groups in total. The number of Topliss-reactive ketones (excluding diaryl/α,β-unsaturated/α-hetero) is 1. The number of carbonyl (C=O) groups excluding carboxylic acids is 1. The fraction of sp³-hybridized carbons (Fsp3) is 0.227. The van der Waals surface area contributed by atoms with Gasteiger partial charge in [0.2, 0.25) is 0 Å².